The Morgan fingerprint density at radius 1 is 1.40 bits per heavy atom. The van der Waals surface area contributed by atoms with Crippen molar-refractivity contribution < 1.29 is 14.3 Å². The number of nitrogens with zero attached hydrogens (tertiary/aromatic N) is 3. The third kappa shape index (κ3) is 4.61. The third-order valence-electron chi connectivity index (χ3n) is 5.15. The van der Waals surface area contributed by atoms with Gasteiger partial charge in [0, 0.05) is 19.3 Å². The van der Waals surface area contributed by atoms with Crippen molar-refractivity contribution in [2.75, 3.05) is 19.8 Å². The van der Waals surface area contributed by atoms with E-state index in [1.807, 2.05) is 28.9 Å². The van der Waals surface area contributed by atoms with Crippen LogP contribution in [0, 0.1) is 12.8 Å². The maximum Gasteiger partial charge on any atom is 0.252 e. The quantitative estimate of drug-likeness (QED) is 0.758. The first-order chi connectivity index (χ1) is 12.0. The molecule has 3 heterocycles. The molecular formula is C19H31N3O3. The van der Waals surface area contributed by atoms with Crippen LogP contribution in [0.15, 0.2) is 12.4 Å². The molecule has 6 heteroatoms. The lowest BCUT2D eigenvalue weighted by molar-refractivity contribution is -0.150. The summed E-state index contributed by atoms with van der Waals surface area (Å²) in [7, 11) is 0. The van der Waals surface area contributed by atoms with Crippen LogP contribution in [-0.4, -0.2) is 58.6 Å². The molecule has 0 saturated carbocycles. The number of aryl methyl sites for hydroxylation is 1. The highest BCUT2D eigenvalue weighted by Gasteiger charge is 2.35. The fraction of sp³-hybridized carbons (Fsp3) is 0.789. The molecule has 2 aliphatic rings. The lowest BCUT2D eigenvalue weighted by Crippen LogP contribution is -2.47. The minimum Gasteiger partial charge on any atom is -0.376 e. The molecular weight excluding hydrogens is 318 g/mol. The number of hydrogen-bond acceptors (Lipinski definition) is 4. The number of amides is 1. The predicted octanol–water partition coefficient (Wildman–Crippen LogP) is 2.40. The zero-order valence-electron chi connectivity index (χ0n) is 15.7. The Balaban J connectivity index is 1.60. The zero-order valence-corrected chi connectivity index (χ0v) is 15.7. The van der Waals surface area contributed by atoms with Gasteiger partial charge in [-0.25, -0.2) is 0 Å². The van der Waals surface area contributed by atoms with Crippen LogP contribution in [0.3, 0.4) is 0 Å². The van der Waals surface area contributed by atoms with Crippen LogP contribution in [0.5, 0.6) is 0 Å². The van der Waals surface area contributed by atoms with Gasteiger partial charge >= 0.3 is 0 Å². The summed E-state index contributed by atoms with van der Waals surface area (Å²) in [5.74, 6) is 0.279. The number of ether oxygens (including phenoxy) is 2. The smallest absolute Gasteiger partial charge is 0.252 e. The van der Waals surface area contributed by atoms with Crippen molar-refractivity contribution in [2.24, 2.45) is 5.92 Å². The van der Waals surface area contributed by atoms with E-state index in [2.05, 4.69) is 18.9 Å². The predicted molar refractivity (Wildman–Crippen MR) is 95.3 cm³/mol. The molecule has 0 radical (unpaired) electrons. The van der Waals surface area contributed by atoms with Gasteiger partial charge in [0.05, 0.1) is 31.5 Å². The van der Waals surface area contributed by atoms with E-state index in [0.29, 0.717) is 6.61 Å². The molecule has 0 aliphatic carbocycles. The molecule has 0 aromatic carbocycles. The average Bonchev–Trinajstić information content (AvgIpc) is 3.30. The first-order valence-corrected chi connectivity index (χ1v) is 9.57. The van der Waals surface area contributed by atoms with Crippen molar-refractivity contribution in [3.05, 3.63) is 18.0 Å². The Hall–Kier alpha value is -1.40. The van der Waals surface area contributed by atoms with Gasteiger partial charge in [0.1, 0.15) is 6.10 Å². The van der Waals surface area contributed by atoms with Crippen molar-refractivity contribution in [1.29, 1.82) is 0 Å². The van der Waals surface area contributed by atoms with Crippen LogP contribution < -0.4 is 0 Å². The summed E-state index contributed by atoms with van der Waals surface area (Å²) in [5.41, 5.74) is 1.15. The fourth-order valence-corrected chi connectivity index (χ4v) is 3.80. The fourth-order valence-electron chi connectivity index (χ4n) is 3.80. The highest BCUT2D eigenvalue weighted by Crippen LogP contribution is 2.23. The zero-order chi connectivity index (χ0) is 17.8. The molecule has 0 N–H and O–H groups in total. The summed E-state index contributed by atoms with van der Waals surface area (Å²) in [5, 5.41) is 4.37. The second-order valence-electron chi connectivity index (χ2n) is 7.70. The van der Waals surface area contributed by atoms with Crippen LogP contribution >= 0.6 is 0 Å². The van der Waals surface area contributed by atoms with Crippen LogP contribution in [0.2, 0.25) is 0 Å². The average molecular weight is 349 g/mol. The summed E-state index contributed by atoms with van der Waals surface area (Å²) in [6.07, 6.45) is 7.86. The normalized spacial score (nSPS) is 25.0. The van der Waals surface area contributed by atoms with Crippen LogP contribution in [0.1, 0.15) is 45.1 Å². The van der Waals surface area contributed by atoms with Gasteiger partial charge in [-0.2, -0.15) is 5.10 Å². The van der Waals surface area contributed by atoms with E-state index in [9.17, 15) is 4.79 Å². The van der Waals surface area contributed by atoms with E-state index in [1.165, 1.54) is 0 Å². The van der Waals surface area contributed by atoms with Crippen molar-refractivity contribution >= 4 is 5.91 Å². The number of rotatable bonds is 7. The summed E-state index contributed by atoms with van der Waals surface area (Å²) < 4.78 is 13.6. The summed E-state index contributed by atoms with van der Waals surface area (Å²) in [6, 6.07) is 0.208. The molecule has 0 unspecified atom stereocenters. The van der Waals surface area contributed by atoms with Crippen LogP contribution in [-0.2, 0) is 20.8 Å². The van der Waals surface area contributed by atoms with Gasteiger partial charge in [0.15, 0.2) is 0 Å². The minimum atomic E-state index is -0.385. The van der Waals surface area contributed by atoms with Gasteiger partial charge in [-0.15, -0.1) is 0 Å². The Kier molecular flexibility index (Phi) is 6.12. The number of hydrogen-bond donors (Lipinski definition) is 0. The lowest BCUT2D eigenvalue weighted by Gasteiger charge is -2.31. The van der Waals surface area contributed by atoms with Gasteiger partial charge in [-0.1, -0.05) is 13.8 Å². The molecule has 0 bridgehead atoms. The van der Waals surface area contributed by atoms with Gasteiger partial charge in [-0.05, 0) is 44.1 Å². The molecule has 3 rings (SSSR count). The Morgan fingerprint density at radius 3 is 2.88 bits per heavy atom. The number of aromatic nitrogens is 2. The maximum absolute atomic E-state index is 13.1. The Morgan fingerprint density at radius 2 is 2.24 bits per heavy atom. The minimum absolute atomic E-state index is 0.124. The van der Waals surface area contributed by atoms with E-state index in [1.54, 1.807) is 0 Å². The van der Waals surface area contributed by atoms with Crippen molar-refractivity contribution in [2.45, 2.75) is 71.2 Å². The van der Waals surface area contributed by atoms with E-state index >= 15 is 0 Å². The number of carbonyl (C=O) groups is 1. The van der Waals surface area contributed by atoms with Crippen molar-refractivity contribution in [3.8, 4) is 0 Å². The first kappa shape index (κ1) is 18.4. The van der Waals surface area contributed by atoms with Gasteiger partial charge < -0.3 is 14.4 Å². The number of carbonyl (C=O) groups excluding carboxylic acids is 1. The Labute approximate surface area is 150 Å². The molecule has 2 aliphatic heterocycles. The maximum atomic E-state index is 13.1. The summed E-state index contributed by atoms with van der Waals surface area (Å²) >= 11 is 0. The SMILES string of the molecule is Cc1cnn(C[C@@H]2CCCN2C(=O)[C@@H](OC[C@@H]2CCCO2)C(C)C)c1. The number of likely N-dealkylation sites (tertiary alicyclic amines) is 1. The third-order valence-corrected chi connectivity index (χ3v) is 5.15. The van der Waals surface area contributed by atoms with E-state index in [-0.39, 0.29) is 30.1 Å². The van der Waals surface area contributed by atoms with E-state index in [0.717, 1.165) is 50.9 Å². The van der Waals surface area contributed by atoms with Crippen molar-refractivity contribution in [3.63, 3.8) is 0 Å². The second kappa shape index (κ2) is 8.32. The lowest BCUT2D eigenvalue weighted by atomic mass is 10.1. The largest absolute Gasteiger partial charge is 0.376 e. The van der Waals surface area contributed by atoms with Gasteiger partial charge in [-0.3, -0.25) is 9.48 Å². The van der Waals surface area contributed by atoms with Crippen molar-refractivity contribution in [1.82, 2.24) is 14.7 Å². The van der Waals surface area contributed by atoms with Crippen LogP contribution in [0.4, 0.5) is 0 Å². The highest BCUT2D eigenvalue weighted by atomic mass is 16.5. The summed E-state index contributed by atoms with van der Waals surface area (Å²) in [6.45, 7) is 9.05. The Bertz CT molecular complexity index is 566. The molecule has 3 atom stereocenters. The monoisotopic (exact) mass is 349 g/mol. The molecule has 25 heavy (non-hydrogen) atoms. The topological polar surface area (TPSA) is 56.6 Å². The molecule has 1 aromatic rings. The standard InChI is InChI=1S/C19H31N3O3/c1-14(2)18(25-13-17-7-5-9-24-17)19(23)22-8-4-6-16(22)12-21-11-15(3)10-20-21/h10-11,14,16-18H,4-9,12-13H2,1-3H3/t16-,17-,18-/m0/s1. The molecule has 2 saturated heterocycles. The molecule has 1 aromatic heterocycles. The molecule has 6 nitrogen and oxygen atoms in total. The van der Waals surface area contributed by atoms with E-state index < -0.39 is 0 Å². The highest BCUT2D eigenvalue weighted by molar-refractivity contribution is 5.81. The van der Waals surface area contributed by atoms with Crippen LogP contribution in [0.25, 0.3) is 0 Å². The molecule has 2 fully saturated rings. The molecule has 1 amide bonds. The molecule has 140 valence electrons. The summed E-state index contributed by atoms with van der Waals surface area (Å²) in [4.78, 5) is 15.1. The van der Waals surface area contributed by atoms with Gasteiger partial charge in [0.25, 0.3) is 5.91 Å². The second-order valence-corrected chi connectivity index (χ2v) is 7.70. The van der Waals surface area contributed by atoms with E-state index in [4.69, 9.17) is 9.47 Å². The first-order valence-electron chi connectivity index (χ1n) is 9.57. The van der Waals surface area contributed by atoms with Gasteiger partial charge in [0.2, 0.25) is 0 Å². The molecule has 0 spiro atoms.